The molecule has 0 spiro atoms. The molecule has 106 valence electrons. The molecule has 0 aliphatic heterocycles. The Balaban J connectivity index is 2.34. The van der Waals surface area contributed by atoms with Gasteiger partial charge in [-0.05, 0) is 6.07 Å². The van der Waals surface area contributed by atoms with Crippen LogP contribution in [0.4, 0.5) is 0 Å². The maximum absolute atomic E-state index is 10.6. The second kappa shape index (κ2) is 6.01. The Morgan fingerprint density at radius 3 is 2.10 bits per heavy atom. The summed E-state index contributed by atoms with van der Waals surface area (Å²) in [4.78, 5) is 10.6. The molecule has 0 atom stereocenters. The molecular formula is C14H14O6. The fourth-order valence-electron chi connectivity index (χ4n) is 1.68. The van der Waals surface area contributed by atoms with Crippen molar-refractivity contribution in [3.05, 3.63) is 30.0 Å². The number of furan rings is 1. The highest BCUT2D eigenvalue weighted by molar-refractivity contribution is 5.70. The van der Waals surface area contributed by atoms with Gasteiger partial charge in [0.05, 0.1) is 21.3 Å². The van der Waals surface area contributed by atoms with Crippen LogP contribution < -0.4 is 18.9 Å². The smallest absolute Gasteiger partial charge is 0.290 e. The van der Waals surface area contributed by atoms with Gasteiger partial charge in [-0.1, -0.05) is 0 Å². The van der Waals surface area contributed by atoms with E-state index < -0.39 is 0 Å². The van der Waals surface area contributed by atoms with E-state index in [9.17, 15) is 4.79 Å². The number of methoxy groups -OCH3 is 3. The molecule has 1 aromatic heterocycles. The van der Waals surface area contributed by atoms with Crippen molar-refractivity contribution in [3.63, 3.8) is 0 Å². The summed E-state index contributed by atoms with van der Waals surface area (Å²) in [5, 5.41) is 0. The van der Waals surface area contributed by atoms with Crippen LogP contribution in [0.15, 0.2) is 28.7 Å². The molecule has 0 radical (unpaired) electrons. The number of carbonyl (C=O) groups excluding carboxylic acids is 1. The van der Waals surface area contributed by atoms with Gasteiger partial charge in [0, 0.05) is 18.2 Å². The predicted molar refractivity (Wildman–Crippen MR) is 70.3 cm³/mol. The Labute approximate surface area is 115 Å². The lowest BCUT2D eigenvalue weighted by Gasteiger charge is -2.13. The minimum Gasteiger partial charge on any atom is -0.493 e. The highest BCUT2D eigenvalue weighted by Crippen LogP contribution is 2.41. The normalized spacial score (nSPS) is 9.95. The third-order valence-electron chi connectivity index (χ3n) is 2.57. The lowest BCUT2D eigenvalue weighted by atomic mass is 10.2. The number of ether oxygens (including phenoxy) is 4. The highest BCUT2D eigenvalue weighted by atomic mass is 16.6. The minimum absolute atomic E-state index is 0.187. The molecule has 2 aromatic rings. The van der Waals surface area contributed by atoms with Crippen LogP contribution in [0, 0.1) is 0 Å². The molecule has 0 fully saturated rings. The minimum atomic E-state index is 0.187. The molecule has 0 aliphatic rings. The van der Waals surface area contributed by atoms with Gasteiger partial charge in [-0.25, -0.2) is 0 Å². The van der Waals surface area contributed by atoms with Gasteiger partial charge >= 0.3 is 0 Å². The summed E-state index contributed by atoms with van der Waals surface area (Å²) in [6.07, 6.45) is 0.599. The number of hydrogen-bond donors (Lipinski definition) is 0. The van der Waals surface area contributed by atoms with Gasteiger partial charge in [0.15, 0.2) is 23.5 Å². The van der Waals surface area contributed by atoms with E-state index in [-0.39, 0.29) is 11.7 Å². The molecule has 0 amide bonds. The zero-order valence-electron chi connectivity index (χ0n) is 11.3. The summed E-state index contributed by atoms with van der Waals surface area (Å²) in [6, 6.07) is 6.32. The SMILES string of the molecule is COc1cc(Oc2ccc(C=O)o2)cc(OC)c1OC. The first-order valence-electron chi connectivity index (χ1n) is 5.74. The number of hydrogen-bond acceptors (Lipinski definition) is 6. The Hall–Kier alpha value is -2.63. The van der Waals surface area contributed by atoms with E-state index in [1.54, 1.807) is 18.2 Å². The van der Waals surface area contributed by atoms with Gasteiger partial charge in [-0.3, -0.25) is 4.79 Å². The van der Waals surface area contributed by atoms with Crippen molar-refractivity contribution in [3.8, 4) is 28.9 Å². The third kappa shape index (κ3) is 2.69. The maximum atomic E-state index is 10.6. The summed E-state index contributed by atoms with van der Waals surface area (Å²) in [5.74, 6) is 2.21. The topological polar surface area (TPSA) is 67.1 Å². The Morgan fingerprint density at radius 1 is 1.00 bits per heavy atom. The van der Waals surface area contributed by atoms with Crippen molar-refractivity contribution in [1.29, 1.82) is 0 Å². The first-order chi connectivity index (χ1) is 9.71. The Morgan fingerprint density at radius 2 is 1.65 bits per heavy atom. The van der Waals surface area contributed by atoms with Crippen LogP contribution in [0.1, 0.15) is 10.6 Å². The zero-order chi connectivity index (χ0) is 14.5. The largest absolute Gasteiger partial charge is 0.493 e. The van der Waals surface area contributed by atoms with Gasteiger partial charge in [-0.15, -0.1) is 0 Å². The molecule has 0 aliphatic carbocycles. The Bertz CT molecular complexity index is 576. The average Bonchev–Trinajstić information content (AvgIpc) is 2.93. The quantitative estimate of drug-likeness (QED) is 0.757. The first kappa shape index (κ1) is 13.8. The molecular weight excluding hydrogens is 264 g/mol. The van der Waals surface area contributed by atoms with Crippen LogP contribution in [-0.4, -0.2) is 27.6 Å². The molecule has 6 heteroatoms. The van der Waals surface area contributed by atoms with Gasteiger partial charge < -0.3 is 23.4 Å². The summed E-state index contributed by atoms with van der Waals surface area (Å²) in [7, 11) is 4.54. The highest BCUT2D eigenvalue weighted by Gasteiger charge is 2.15. The molecule has 2 rings (SSSR count). The molecule has 1 heterocycles. The van der Waals surface area contributed by atoms with E-state index in [1.165, 1.54) is 27.4 Å². The molecule has 0 N–H and O–H groups in total. The molecule has 1 aromatic carbocycles. The van der Waals surface area contributed by atoms with E-state index in [1.807, 2.05) is 0 Å². The number of rotatable bonds is 6. The summed E-state index contributed by atoms with van der Waals surface area (Å²) in [6.45, 7) is 0. The monoisotopic (exact) mass is 278 g/mol. The van der Waals surface area contributed by atoms with Crippen LogP contribution in [0.2, 0.25) is 0 Å². The fraction of sp³-hybridized carbons (Fsp3) is 0.214. The van der Waals surface area contributed by atoms with E-state index in [0.29, 0.717) is 29.3 Å². The van der Waals surface area contributed by atoms with Crippen molar-refractivity contribution >= 4 is 6.29 Å². The van der Waals surface area contributed by atoms with Crippen LogP contribution in [0.3, 0.4) is 0 Å². The van der Waals surface area contributed by atoms with Gasteiger partial charge in [0.1, 0.15) is 5.75 Å². The molecule has 0 unspecified atom stereocenters. The lowest BCUT2D eigenvalue weighted by Crippen LogP contribution is -1.95. The van der Waals surface area contributed by atoms with Gasteiger partial charge in [-0.2, -0.15) is 0 Å². The van der Waals surface area contributed by atoms with Crippen LogP contribution in [0.5, 0.6) is 28.9 Å². The van der Waals surface area contributed by atoms with Crippen molar-refractivity contribution in [2.45, 2.75) is 0 Å². The van der Waals surface area contributed by atoms with Crippen molar-refractivity contribution < 1.29 is 28.2 Å². The van der Waals surface area contributed by atoms with Crippen molar-refractivity contribution in [1.82, 2.24) is 0 Å². The van der Waals surface area contributed by atoms with Crippen LogP contribution >= 0.6 is 0 Å². The first-order valence-corrected chi connectivity index (χ1v) is 5.74. The van der Waals surface area contributed by atoms with Crippen LogP contribution in [0.25, 0.3) is 0 Å². The molecule has 0 saturated carbocycles. The summed E-state index contributed by atoms with van der Waals surface area (Å²) >= 11 is 0. The number of benzene rings is 1. The zero-order valence-corrected chi connectivity index (χ0v) is 11.3. The second-order valence-electron chi connectivity index (χ2n) is 3.74. The molecule has 20 heavy (non-hydrogen) atoms. The Kier molecular flexibility index (Phi) is 4.14. The van der Waals surface area contributed by atoms with E-state index in [2.05, 4.69) is 0 Å². The van der Waals surface area contributed by atoms with Crippen molar-refractivity contribution in [2.24, 2.45) is 0 Å². The second-order valence-corrected chi connectivity index (χ2v) is 3.74. The number of carbonyl (C=O) groups is 1. The van der Waals surface area contributed by atoms with E-state index >= 15 is 0 Å². The van der Waals surface area contributed by atoms with E-state index in [0.717, 1.165) is 0 Å². The molecule has 0 bridgehead atoms. The molecule has 0 saturated heterocycles. The number of aldehydes is 1. The average molecular weight is 278 g/mol. The third-order valence-corrected chi connectivity index (χ3v) is 2.57. The van der Waals surface area contributed by atoms with Gasteiger partial charge in [0.2, 0.25) is 5.75 Å². The maximum Gasteiger partial charge on any atom is 0.290 e. The summed E-state index contributed by atoms with van der Waals surface area (Å²) in [5.41, 5.74) is 0. The standard InChI is InChI=1S/C14H14O6/c1-16-11-6-10(7-12(17-2)14(11)18-3)20-13-5-4-9(8-15)19-13/h4-8H,1-3H3. The van der Waals surface area contributed by atoms with Gasteiger partial charge in [0.25, 0.3) is 5.95 Å². The van der Waals surface area contributed by atoms with Crippen molar-refractivity contribution in [2.75, 3.05) is 21.3 Å². The van der Waals surface area contributed by atoms with E-state index in [4.69, 9.17) is 23.4 Å². The van der Waals surface area contributed by atoms with Crippen LogP contribution in [-0.2, 0) is 0 Å². The predicted octanol–water partition coefficient (Wildman–Crippen LogP) is 2.91. The summed E-state index contributed by atoms with van der Waals surface area (Å²) < 4.78 is 26.3. The molecule has 6 nitrogen and oxygen atoms in total. The fourth-order valence-corrected chi connectivity index (χ4v) is 1.68. The lowest BCUT2D eigenvalue weighted by molar-refractivity contribution is 0.109.